The third-order valence-corrected chi connectivity index (χ3v) is 3.40. The maximum Gasteiger partial charge on any atom is 0.258 e. The molecule has 0 fully saturated rings. The Bertz CT molecular complexity index is 460. The van der Waals surface area contributed by atoms with E-state index in [0.29, 0.717) is 22.3 Å². The summed E-state index contributed by atoms with van der Waals surface area (Å²) in [7, 11) is 0. The fourth-order valence-corrected chi connectivity index (χ4v) is 1.76. The normalized spacial score (nSPS) is 13.9. The van der Waals surface area contributed by atoms with Crippen molar-refractivity contribution in [3.63, 3.8) is 0 Å². The summed E-state index contributed by atoms with van der Waals surface area (Å²) in [6.45, 7) is 7.57. The molecule has 0 saturated heterocycles. The molecule has 112 valence electrons. The van der Waals surface area contributed by atoms with E-state index in [-0.39, 0.29) is 18.6 Å². The minimum Gasteiger partial charge on any atom is -0.483 e. The quantitative estimate of drug-likeness (QED) is 0.849. The van der Waals surface area contributed by atoms with Crippen LogP contribution in [0.1, 0.15) is 39.4 Å². The van der Waals surface area contributed by atoms with Crippen LogP contribution in [0.25, 0.3) is 0 Å². The van der Waals surface area contributed by atoms with E-state index in [0.717, 1.165) is 0 Å². The Kier molecular flexibility index (Phi) is 6.30. The molecule has 0 aliphatic heterocycles. The maximum absolute atomic E-state index is 11.8. The van der Waals surface area contributed by atoms with Crippen LogP contribution in [0, 0.1) is 5.92 Å². The van der Waals surface area contributed by atoms with Crippen molar-refractivity contribution in [2.24, 2.45) is 5.92 Å². The number of hydrogen-bond donors (Lipinski definition) is 2. The molecule has 0 aromatic heterocycles. The van der Waals surface area contributed by atoms with Gasteiger partial charge in [0.1, 0.15) is 5.75 Å². The van der Waals surface area contributed by atoms with E-state index in [9.17, 15) is 9.90 Å². The first-order valence-corrected chi connectivity index (χ1v) is 7.08. The van der Waals surface area contributed by atoms with Gasteiger partial charge in [-0.2, -0.15) is 0 Å². The lowest BCUT2D eigenvalue weighted by Crippen LogP contribution is -2.39. The Morgan fingerprint density at radius 1 is 1.35 bits per heavy atom. The molecule has 1 aromatic rings. The average Bonchev–Trinajstić information content (AvgIpc) is 2.36. The van der Waals surface area contributed by atoms with Gasteiger partial charge in [0.15, 0.2) is 6.61 Å². The Morgan fingerprint density at radius 3 is 2.55 bits per heavy atom. The number of benzene rings is 1. The van der Waals surface area contributed by atoms with Crippen LogP contribution in [0.3, 0.4) is 0 Å². The first kappa shape index (κ1) is 16.8. The number of halogens is 1. The van der Waals surface area contributed by atoms with E-state index in [4.69, 9.17) is 16.3 Å². The summed E-state index contributed by atoms with van der Waals surface area (Å²) in [5.74, 6) is 0.650. The van der Waals surface area contributed by atoms with Gasteiger partial charge in [-0.15, -0.1) is 0 Å². The zero-order chi connectivity index (χ0) is 15.3. The zero-order valence-corrected chi connectivity index (χ0v) is 13.1. The summed E-state index contributed by atoms with van der Waals surface area (Å²) in [5.41, 5.74) is 0.571. The molecule has 1 rings (SSSR count). The van der Waals surface area contributed by atoms with Crippen LogP contribution in [0.5, 0.6) is 5.75 Å². The minimum atomic E-state index is -0.707. The number of aliphatic hydroxyl groups is 1. The van der Waals surface area contributed by atoms with Gasteiger partial charge in [0.2, 0.25) is 0 Å². The minimum absolute atomic E-state index is 0.0849. The topological polar surface area (TPSA) is 58.6 Å². The van der Waals surface area contributed by atoms with Gasteiger partial charge < -0.3 is 15.2 Å². The van der Waals surface area contributed by atoms with E-state index >= 15 is 0 Å². The third kappa shape index (κ3) is 5.02. The average molecular weight is 300 g/mol. The van der Waals surface area contributed by atoms with Gasteiger partial charge in [-0.25, -0.2) is 0 Å². The van der Waals surface area contributed by atoms with Crippen molar-refractivity contribution in [3.05, 3.63) is 28.8 Å². The molecule has 4 nitrogen and oxygen atoms in total. The summed E-state index contributed by atoms with van der Waals surface area (Å²) < 4.78 is 5.47. The van der Waals surface area contributed by atoms with Gasteiger partial charge >= 0.3 is 0 Å². The van der Waals surface area contributed by atoms with Crippen LogP contribution < -0.4 is 10.1 Å². The van der Waals surface area contributed by atoms with Gasteiger partial charge in [0.25, 0.3) is 5.91 Å². The van der Waals surface area contributed by atoms with Crippen molar-refractivity contribution in [2.75, 3.05) is 6.61 Å². The molecule has 5 heteroatoms. The third-order valence-electron chi connectivity index (χ3n) is 3.17. The fourth-order valence-electron chi connectivity index (χ4n) is 1.58. The van der Waals surface area contributed by atoms with Crippen molar-refractivity contribution >= 4 is 17.5 Å². The van der Waals surface area contributed by atoms with Crippen LogP contribution >= 0.6 is 11.6 Å². The van der Waals surface area contributed by atoms with E-state index < -0.39 is 6.10 Å². The number of rotatable bonds is 6. The number of carbonyl (C=O) groups is 1. The summed E-state index contributed by atoms with van der Waals surface area (Å²) in [6.07, 6.45) is -0.707. The molecule has 2 N–H and O–H groups in total. The maximum atomic E-state index is 11.8. The molecular formula is C15H22ClNO3. The summed E-state index contributed by atoms with van der Waals surface area (Å²) in [6, 6.07) is 5.05. The molecule has 0 aliphatic rings. The highest BCUT2D eigenvalue weighted by atomic mass is 35.5. The predicted octanol–water partition coefficient (Wildman–Crippen LogP) is 2.93. The number of ether oxygens (including phenoxy) is 1. The van der Waals surface area contributed by atoms with Crippen LogP contribution in [-0.2, 0) is 4.79 Å². The van der Waals surface area contributed by atoms with Gasteiger partial charge in [0, 0.05) is 16.6 Å². The molecule has 1 amide bonds. The molecule has 0 saturated carbocycles. The van der Waals surface area contributed by atoms with Crippen molar-refractivity contribution < 1.29 is 14.6 Å². The molecule has 0 bridgehead atoms. The van der Waals surface area contributed by atoms with Crippen molar-refractivity contribution in [1.82, 2.24) is 5.32 Å². The lowest BCUT2D eigenvalue weighted by molar-refractivity contribution is -0.124. The largest absolute Gasteiger partial charge is 0.483 e. The Labute approximate surface area is 125 Å². The van der Waals surface area contributed by atoms with E-state index in [1.165, 1.54) is 0 Å². The molecule has 0 aliphatic carbocycles. The van der Waals surface area contributed by atoms with Gasteiger partial charge in [-0.05, 0) is 38.0 Å². The molecule has 0 heterocycles. The predicted molar refractivity (Wildman–Crippen MR) is 80.0 cm³/mol. The van der Waals surface area contributed by atoms with Crippen molar-refractivity contribution in [2.45, 2.75) is 39.8 Å². The summed E-state index contributed by atoms with van der Waals surface area (Å²) in [5, 5.41) is 13.0. The van der Waals surface area contributed by atoms with E-state index in [1.807, 2.05) is 20.8 Å². The number of carbonyl (C=O) groups excluding carboxylic acids is 1. The highest BCUT2D eigenvalue weighted by Gasteiger charge is 2.14. The van der Waals surface area contributed by atoms with E-state index in [2.05, 4.69) is 5.32 Å². The lowest BCUT2D eigenvalue weighted by atomic mass is 10.1. The SMILES string of the molecule is CC(C)C(C)NC(=O)COc1ccc(Cl)cc1[C@@H](C)O. The number of aliphatic hydroxyl groups excluding tert-OH is 1. The molecule has 1 unspecified atom stereocenters. The summed E-state index contributed by atoms with van der Waals surface area (Å²) >= 11 is 5.88. The number of amides is 1. The number of nitrogens with one attached hydrogen (secondary N) is 1. The first-order chi connectivity index (χ1) is 9.31. The highest BCUT2D eigenvalue weighted by molar-refractivity contribution is 6.30. The zero-order valence-electron chi connectivity index (χ0n) is 12.3. The van der Waals surface area contributed by atoms with Gasteiger partial charge in [-0.3, -0.25) is 4.79 Å². The van der Waals surface area contributed by atoms with Crippen LogP contribution in [0.4, 0.5) is 0 Å². The molecule has 20 heavy (non-hydrogen) atoms. The Morgan fingerprint density at radius 2 is 2.00 bits per heavy atom. The molecular weight excluding hydrogens is 278 g/mol. The molecule has 0 spiro atoms. The van der Waals surface area contributed by atoms with Gasteiger partial charge in [-0.1, -0.05) is 25.4 Å². The second-order valence-electron chi connectivity index (χ2n) is 5.25. The smallest absolute Gasteiger partial charge is 0.258 e. The van der Waals surface area contributed by atoms with E-state index in [1.54, 1.807) is 25.1 Å². The highest BCUT2D eigenvalue weighted by Crippen LogP contribution is 2.28. The van der Waals surface area contributed by atoms with Crippen LogP contribution in [0.15, 0.2) is 18.2 Å². The first-order valence-electron chi connectivity index (χ1n) is 6.71. The molecule has 0 radical (unpaired) electrons. The molecule has 1 aromatic carbocycles. The van der Waals surface area contributed by atoms with Crippen molar-refractivity contribution in [3.8, 4) is 5.75 Å². The standard InChI is InChI=1S/C15H22ClNO3/c1-9(2)10(3)17-15(19)8-20-14-6-5-12(16)7-13(14)11(4)18/h5-7,9-11,18H,8H2,1-4H3,(H,17,19)/t10?,11-/m1/s1. The Balaban J connectivity index is 2.64. The molecule has 2 atom stereocenters. The summed E-state index contributed by atoms with van der Waals surface area (Å²) in [4.78, 5) is 11.8. The van der Waals surface area contributed by atoms with Crippen LogP contribution in [0.2, 0.25) is 5.02 Å². The number of hydrogen-bond acceptors (Lipinski definition) is 3. The van der Waals surface area contributed by atoms with Crippen LogP contribution in [-0.4, -0.2) is 23.7 Å². The monoisotopic (exact) mass is 299 g/mol. The second kappa shape index (κ2) is 7.50. The second-order valence-corrected chi connectivity index (χ2v) is 5.68. The lowest BCUT2D eigenvalue weighted by Gasteiger charge is -2.18. The fraction of sp³-hybridized carbons (Fsp3) is 0.533. The Hall–Kier alpha value is -1.26. The van der Waals surface area contributed by atoms with Gasteiger partial charge in [0.05, 0.1) is 6.10 Å². The van der Waals surface area contributed by atoms with Crippen molar-refractivity contribution in [1.29, 1.82) is 0 Å².